The van der Waals surface area contributed by atoms with E-state index < -0.39 is 0 Å². The summed E-state index contributed by atoms with van der Waals surface area (Å²) < 4.78 is 5.24. The van der Waals surface area contributed by atoms with Crippen molar-refractivity contribution in [1.29, 1.82) is 0 Å². The third-order valence-electron chi connectivity index (χ3n) is 3.61. The summed E-state index contributed by atoms with van der Waals surface area (Å²) in [7, 11) is 1.57. The van der Waals surface area contributed by atoms with Crippen LogP contribution in [0, 0.1) is 0 Å². The van der Waals surface area contributed by atoms with Crippen molar-refractivity contribution in [1.82, 2.24) is 9.97 Å². The van der Waals surface area contributed by atoms with Crippen LogP contribution in [0.1, 0.15) is 15.9 Å². The van der Waals surface area contributed by atoms with Gasteiger partial charge in [0.2, 0.25) is 0 Å². The van der Waals surface area contributed by atoms with Crippen molar-refractivity contribution < 1.29 is 9.53 Å². The molecule has 1 aromatic heterocycles. The van der Waals surface area contributed by atoms with Crippen LogP contribution in [0.25, 0.3) is 0 Å². The molecule has 126 valence electrons. The Bertz CT molecular complexity index is 836. The zero-order valence-corrected chi connectivity index (χ0v) is 13.8. The first-order valence-corrected chi connectivity index (χ1v) is 7.78. The summed E-state index contributed by atoms with van der Waals surface area (Å²) in [6, 6.07) is 14.6. The average Bonchev–Trinajstić information content (AvgIpc) is 2.68. The number of nitrogens with zero attached hydrogens (tertiary/aromatic N) is 2. The van der Waals surface area contributed by atoms with Gasteiger partial charge in [-0.2, -0.15) is 0 Å². The summed E-state index contributed by atoms with van der Waals surface area (Å²) in [6.45, 7) is 0.619. The van der Waals surface area contributed by atoms with Gasteiger partial charge in [-0.3, -0.25) is 4.79 Å². The van der Waals surface area contributed by atoms with Crippen molar-refractivity contribution in [2.24, 2.45) is 0 Å². The number of aromatic nitrogens is 2. The molecule has 6 nitrogen and oxygen atoms in total. The van der Waals surface area contributed by atoms with Gasteiger partial charge in [-0.25, -0.2) is 9.97 Å². The highest BCUT2D eigenvalue weighted by molar-refractivity contribution is 6.05. The third kappa shape index (κ3) is 4.32. The molecule has 25 heavy (non-hydrogen) atoms. The number of hydrogen-bond donors (Lipinski definition) is 2. The molecule has 0 aliphatic heterocycles. The van der Waals surface area contributed by atoms with Gasteiger partial charge in [0.05, 0.1) is 12.8 Å². The zero-order valence-electron chi connectivity index (χ0n) is 13.8. The van der Waals surface area contributed by atoms with E-state index in [0.717, 1.165) is 11.3 Å². The van der Waals surface area contributed by atoms with Gasteiger partial charge in [0, 0.05) is 35.8 Å². The molecular weight excluding hydrogens is 316 g/mol. The van der Waals surface area contributed by atoms with E-state index in [0.29, 0.717) is 23.5 Å². The Morgan fingerprint density at radius 2 is 1.76 bits per heavy atom. The Morgan fingerprint density at radius 3 is 2.48 bits per heavy atom. The van der Waals surface area contributed by atoms with Crippen LogP contribution in [0.3, 0.4) is 0 Å². The largest absolute Gasteiger partial charge is 0.495 e. The summed E-state index contributed by atoms with van der Waals surface area (Å²) in [6.07, 6.45) is 5.02. The van der Waals surface area contributed by atoms with Crippen LogP contribution in [-0.2, 0) is 6.54 Å². The van der Waals surface area contributed by atoms with Crippen LogP contribution in [0.4, 0.5) is 11.4 Å². The maximum absolute atomic E-state index is 12.4. The Morgan fingerprint density at radius 1 is 1.04 bits per heavy atom. The minimum atomic E-state index is -0.187. The second-order valence-corrected chi connectivity index (χ2v) is 5.33. The monoisotopic (exact) mass is 334 g/mol. The number of carbonyl (C=O) groups is 1. The molecule has 0 atom stereocenters. The normalized spacial score (nSPS) is 10.1. The van der Waals surface area contributed by atoms with Crippen LogP contribution in [0.5, 0.6) is 5.75 Å². The lowest BCUT2D eigenvalue weighted by Crippen LogP contribution is -2.12. The summed E-state index contributed by atoms with van der Waals surface area (Å²) >= 11 is 0. The number of anilines is 2. The van der Waals surface area contributed by atoms with Gasteiger partial charge in [0.1, 0.15) is 12.1 Å². The lowest BCUT2D eigenvalue weighted by Gasteiger charge is -2.10. The van der Waals surface area contributed by atoms with Crippen molar-refractivity contribution >= 4 is 17.3 Å². The first-order chi connectivity index (χ1) is 12.3. The molecule has 0 saturated heterocycles. The van der Waals surface area contributed by atoms with Crippen molar-refractivity contribution in [2.45, 2.75) is 6.54 Å². The minimum Gasteiger partial charge on any atom is -0.495 e. The van der Waals surface area contributed by atoms with Gasteiger partial charge in [-0.05, 0) is 36.4 Å². The molecule has 0 aliphatic carbocycles. The molecule has 1 amide bonds. The number of amides is 1. The van der Waals surface area contributed by atoms with E-state index in [1.807, 2.05) is 24.3 Å². The van der Waals surface area contributed by atoms with E-state index >= 15 is 0 Å². The van der Waals surface area contributed by atoms with Gasteiger partial charge in [-0.1, -0.05) is 12.1 Å². The molecule has 0 unspecified atom stereocenters. The van der Waals surface area contributed by atoms with Gasteiger partial charge < -0.3 is 15.4 Å². The van der Waals surface area contributed by atoms with E-state index in [9.17, 15) is 4.79 Å². The molecule has 0 bridgehead atoms. The number of ether oxygens (including phenoxy) is 1. The molecule has 1 heterocycles. The summed E-state index contributed by atoms with van der Waals surface area (Å²) in [4.78, 5) is 20.3. The smallest absolute Gasteiger partial charge is 0.255 e. The number of para-hydroxylation sites is 2. The quantitative estimate of drug-likeness (QED) is 0.723. The number of hydrogen-bond acceptors (Lipinski definition) is 5. The topological polar surface area (TPSA) is 76.1 Å². The molecule has 0 spiro atoms. The second-order valence-electron chi connectivity index (χ2n) is 5.33. The highest BCUT2D eigenvalue weighted by Crippen LogP contribution is 2.23. The Hall–Kier alpha value is -3.41. The average molecular weight is 334 g/mol. The molecule has 0 saturated carbocycles. The standard InChI is InChI=1S/C19H18N4O2/c1-25-18-5-3-2-4-17(18)23-19(24)15-6-8-16(9-7-15)22-12-14-10-20-13-21-11-14/h2-11,13,22H,12H2,1H3,(H,23,24). The maximum atomic E-state index is 12.4. The predicted octanol–water partition coefficient (Wildman–Crippen LogP) is 3.35. The van der Waals surface area contributed by atoms with Crippen LogP contribution in [-0.4, -0.2) is 23.0 Å². The number of methoxy groups -OCH3 is 1. The van der Waals surface area contributed by atoms with Crippen molar-refractivity contribution in [3.05, 3.63) is 78.4 Å². The SMILES string of the molecule is COc1ccccc1NC(=O)c1ccc(NCc2cncnc2)cc1. The van der Waals surface area contributed by atoms with Crippen LogP contribution >= 0.6 is 0 Å². The van der Waals surface area contributed by atoms with E-state index in [2.05, 4.69) is 20.6 Å². The molecule has 2 aromatic carbocycles. The fourth-order valence-electron chi connectivity index (χ4n) is 2.31. The van der Waals surface area contributed by atoms with Gasteiger partial charge in [0.15, 0.2) is 0 Å². The number of carbonyl (C=O) groups excluding carboxylic acids is 1. The van der Waals surface area contributed by atoms with Crippen molar-refractivity contribution in [2.75, 3.05) is 17.7 Å². The lowest BCUT2D eigenvalue weighted by molar-refractivity contribution is 0.102. The Kier molecular flexibility index (Phi) is 5.21. The minimum absolute atomic E-state index is 0.187. The van der Waals surface area contributed by atoms with E-state index in [-0.39, 0.29) is 5.91 Å². The highest BCUT2D eigenvalue weighted by Gasteiger charge is 2.09. The molecular formula is C19H18N4O2. The molecule has 0 aliphatic rings. The molecule has 6 heteroatoms. The van der Waals surface area contributed by atoms with Crippen molar-refractivity contribution in [3.8, 4) is 5.75 Å². The van der Waals surface area contributed by atoms with Crippen LogP contribution < -0.4 is 15.4 Å². The number of benzene rings is 2. The Labute approximate surface area is 145 Å². The summed E-state index contributed by atoms with van der Waals surface area (Å²) in [5.41, 5.74) is 3.11. The fourth-order valence-corrected chi connectivity index (χ4v) is 2.31. The lowest BCUT2D eigenvalue weighted by atomic mass is 10.2. The first kappa shape index (κ1) is 16.4. The third-order valence-corrected chi connectivity index (χ3v) is 3.61. The molecule has 3 aromatic rings. The van der Waals surface area contributed by atoms with Crippen LogP contribution in [0.15, 0.2) is 67.3 Å². The van der Waals surface area contributed by atoms with E-state index in [4.69, 9.17) is 4.74 Å². The maximum Gasteiger partial charge on any atom is 0.255 e. The Balaban J connectivity index is 1.62. The number of nitrogens with one attached hydrogen (secondary N) is 2. The fraction of sp³-hybridized carbons (Fsp3) is 0.105. The second kappa shape index (κ2) is 7.92. The molecule has 2 N–H and O–H groups in total. The van der Waals surface area contributed by atoms with E-state index in [1.165, 1.54) is 6.33 Å². The molecule has 3 rings (SSSR count). The van der Waals surface area contributed by atoms with Gasteiger partial charge in [0.25, 0.3) is 5.91 Å². The van der Waals surface area contributed by atoms with Gasteiger partial charge in [-0.15, -0.1) is 0 Å². The van der Waals surface area contributed by atoms with E-state index in [1.54, 1.807) is 43.8 Å². The first-order valence-electron chi connectivity index (χ1n) is 7.78. The predicted molar refractivity (Wildman–Crippen MR) is 96.7 cm³/mol. The van der Waals surface area contributed by atoms with Crippen LogP contribution in [0.2, 0.25) is 0 Å². The van der Waals surface area contributed by atoms with Gasteiger partial charge >= 0.3 is 0 Å². The summed E-state index contributed by atoms with van der Waals surface area (Å²) in [5.74, 6) is 0.437. The summed E-state index contributed by atoms with van der Waals surface area (Å²) in [5, 5.41) is 6.12. The zero-order chi connectivity index (χ0) is 17.5. The molecule has 0 radical (unpaired) electrons. The molecule has 0 fully saturated rings. The van der Waals surface area contributed by atoms with Crippen molar-refractivity contribution in [3.63, 3.8) is 0 Å². The number of rotatable bonds is 6. The highest BCUT2D eigenvalue weighted by atomic mass is 16.5.